The first-order valence-corrected chi connectivity index (χ1v) is 6.81. The molecule has 0 saturated heterocycles. The topological polar surface area (TPSA) is 50.9 Å². The van der Waals surface area contributed by atoms with Crippen LogP contribution in [-0.4, -0.2) is 19.9 Å². The van der Waals surface area contributed by atoms with Gasteiger partial charge in [-0.1, -0.05) is 38.1 Å². The van der Waals surface area contributed by atoms with E-state index < -0.39 is 0 Å². The molecule has 0 saturated carbocycles. The van der Waals surface area contributed by atoms with Crippen molar-refractivity contribution >= 4 is 0 Å². The normalized spacial score (nSPS) is 17.4. The number of hydrogen-bond acceptors (Lipinski definition) is 3. The first kappa shape index (κ1) is 12.4. The van der Waals surface area contributed by atoms with Crippen molar-refractivity contribution in [2.75, 3.05) is 0 Å². The molecule has 19 heavy (non-hydrogen) atoms. The number of hydrogen-bond donors (Lipinski definition) is 1. The second-order valence-electron chi connectivity index (χ2n) is 5.59. The average molecular weight is 257 g/mol. The summed E-state index contributed by atoms with van der Waals surface area (Å²) in [4.78, 5) is 0. The maximum Gasteiger partial charge on any atom is 0.158 e. The second-order valence-corrected chi connectivity index (χ2v) is 5.59. The second kappa shape index (κ2) is 4.78. The lowest BCUT2D eigenvalue weighted by Gasteiger charge is -2.30. The minimum Gasteiger partial charge on any atom is -0.388 e. The Kier molecular flexibility index (Phi) is 3.11. The molecule has 1 heterocycles. The van der Waals surface area contributed by atoms with Crippen molar-refractivity contribution in [1.82, 2.24) is 14.8 Å². The maximum absolute atomic E-state index is 9.39. The summed E-state index contributed by atoms with van der Waals surface area (Å²) in [7, 11) is 0. The molecule has 1 unspecified atom stereocenters. The molecule has 0 amide bonds. The predicted molar refractivity (Wildman–Crippen MR) is 72.8 cm³/mol. The van der Waals surface area contributed by atoms with Gasteiger partial charge in [-0.15, -0.1) is 10.2 Å². The van der Waals surface area contributed by atoms with E-state index >= 15 is 0 Å². The highest BCUT2D eigenvalue weighted by Gasteiger charge is 2.31. The molecule has 1 aliphatic rings. The Morgan fingerprint density at radius 3 is 2.79 bits per heavy atom. The third kappa shape index (κ3) is 2.06. The fourth-order valence-electron chi connectivity index (χ4n) is 2.78. The van der Waals surface area contributed by atoms with Gasteiger partial charge in [-0.25, -0.2) is 0 Å². The largest absolute Gasteiger partial charge is 0.388 e. The smallest absolute Gasteiger partial charge is 0.158 e. The molecule has 1 N–H and O–H groups in total. The summed E-state index contributed by atoms with van der Waals surface area (Å²) < 4.78 is 2.09. The first-order chi connectivity index (χ1) is 9.20. The summed E-state index contributed by atoms with van der Waals surface area (Å²) >= 11 is 0. The number of fused-ring (bicyclic) bond motifs is 1. The van der Waals surface area contributed by atoms with Gasteiger partial charge in [0.15, 0.2) is 5.82 Å². The van der Waals surface area contributed by atoms with Crippen molar-refractivity contribution in [2.45, 2.75) is 39.3 Å². The number of rotatable bonds is 4. The van der Waals surface area contributed by atoms with E-state index in [1.54, 1.807) is 0 Å². The molecule has 1 aromatic carbocycles. The van der Waals surface area contributed by atoms with Gasteiger partial charge in [0.1, 0.15) is 12.4 Å². The Hall–Kier alpha value is -1.68. The van der Waals surface area contributed by atoms with Crippen LogP contribution in [0.2, 0.25) is 0 Å². The summed E-state index contributed by atoms with van der Waals surface area (Å²) in [6, 6.07) is 8.48. The molecule has 0 aliphatic heterocycles. The van der Waals surface area contributed by atoms with Gasteiger partial charge in [0.2, 0.25) is 0 Å². The van der Waals surface area contributed by atoms with Gasteiger partial charge in [-0.2, -0.15) is 0 Å². The summed E-state index contributed by atoms with van der Waals surface area (Å²) in [5.74, 6) is 2.52. The standard InChI is InChI=1S/C15H19N3O/c1-10(2)8-18-14(9-19)16-17-15(18)13-7-11-5-3-4-6-12(11)13/h3-6,10,13,19H,7-9H2,1-2H3. The van der Waals surface area contributed by atoms with Gasteiger partial charge in [0.05, 0.1) is 0 Å². The van der Waals surface area contributed by atoms with Crippen molar-refractivity contribution in [3.8, 4) is 0 Å². The van der Waals surface area contributed by atoms with Crippen LogP contribution in [0.4, 0.5) is 0 Å². The van der Waals surface area contributed by atoms with Crippen LogP contribution < -0.4 is 0 Å². The molecule has 1 aliphatic carbocycles. The van der Waals surface area contributed by atoms with Crippen LogP contribution in [0.5, 0.6) is 0 Å². The molecule has 100 valence electrons. The van der Waals surface area contributed by atoms with E-state index in [-0.39, 0.29) is 6.61 Å². The average Bonchev–Trinajstić information content (AvgIpc) is 2.73. The van der Waals surface area contributed by atoms with Crippen molar-refractivity contribution in [3.63, 3.8) is 0 Å². The Labute approximate surface area is 113 Å². The number of aliphatic hydroxyl groups excluding tert-OH is 1. The summed E-state index contributed by atoms with van der Waals surface area (Å²) in [6.45, 7) is 5.14. The molecule has 0 bridgehead atoms. The molecule has 0 radical (unpaired) electrons. The van der Waals surface area contributed by atoms with E-state index in [0.717, 1.165) is 18.8 Å². The summed E-state index contributed by atoms with van der Waals surface area (Å²) in [5, 5.41) is 17.8. The zero-order valence-electron chi connectivity index (χ0n) is 11.4. The quantitative estimate of drug-likeness (QED) is 0.912. The zero-order chi connectivity index (χ0) is 13.4. The maximum atomic E-state index is 9.39. The predicted octanol–water partition coefficient (Wildman–Crippen LogP) is 2.11. The SMILES string of the molecule is CC(C)Cn1c(CO)nnc1C1Cc2ccccc21. The molecule has 1 aromatic heterocycles. The highest BCUT2D eigenvalue weighted by Crippen LogP contribution is 2.39. The lowest BCUT2D eigenvalue weighted by Crippen LogP contribution is -2.23. The minimum atomic E-state index is -0.0475. The van der Waals surface area contributed by atoms with Crippen molar-refractivity contribution < 1.29 is 5.11 Å². The zero-order valence-corrected chi connectivity index (χ0v) is 11.4. The molecule has 3 rings (SSSR count). The third-order valence-corrected chi connectivity index (χ3v) is 3.71. The van der Waals surface area contributed by atoms with E-state index in [1.165, 1.54) is 11.1 Å². The number of aromatic nitrogens is 3. The van der Waals surface area contributed by atoms with Crippen LogP contribution in [0.15, 0.2) is 24.3 Å². The van der Waals surface area contributed by atoms with Crippen LogP contribution >= 0.6 is 0 Å². The molecule has 1 atom stereocenters. The van der Waals surface area contributed by atoms with Crippen molar-refractivity contribution in [3.05, 3.63) is 47.0 Å². The Bertz CT molecular complexity index is 589. The molecule has 2 aromatic rings. The van der Waals surface area contributed by atoms with Gasteiger partial charge in [0, 0.05) is 12.5 Å². The highest BCUT2D eigenvalue weighted by atomic mass is 16.3. The number of nitrogens with zero attached hydrogens (tertiary/aromatic N) is 3. The molecule has 0 spiro atoms. The number of aliphatic hydroxyl groups is 1. The van der Waals surface area contributed by atoms with Crippen LogP contribution in [-0.2, 0) is 19.6 Å². The van der Waals surface area contributed by atoms with Crippen LogP contribution in [0.1, 0.15) is 42.5 Å². The van der Waals surface area contributed by atoms with Crippen LogP contribution in [0.3, 0.4) is 0 Å². The lowest BCUT2D eigenvalue weighted by molar-refractivity contribution is 0.261. The fourth-order valence-corrected chi connectivity index (χ4v) is 2.78. The van der Waals surface area contributed by atoms with Gasteiger partial charge in [0.25, 0.3) is 0 Å². The van der Waals surface area contributed by atoms with Crippen molar-refractivity contribution in [2.24, 2.45) is 5.92 Å². The molecule has 0 fully saturated rings. The molecule has 4 nitrogen and oxygen atoms in total. The van der Waals surface area contributed by atoms with E-state index in [1.807, 2.05) is 0 Å². The lowest BCUT2D eigenvalue weighted by atomic mass is 9.77. The Morgan fingerprint density at radius 2 is 2.11 bits per heavy atom. The Morgan fingerprint density at radius 1 is 1.32 bits per heavy atom. The molecular weight excluding hydrogens is 238 g/mol. The van der Waals surface area contributed by atoms with E-state index in [2.05, 4.69) is 52.9 Å². The van der Waals surface area contributed by atoms with Crippen molar-refractivity contribution in [1.29, 1.82) is 0 Å². The fraction of sp³-hybridized carbons (Fsp3) is 0.467. The highest BCUT2D eigenvalue weighted by molar-refractivity contribution is 5.44. The monoisotopic (exact) mass is 257 g/mol. The Balaban J connectivity index is 1.96. The van der Waals surface area contributed by atoms with E-state index in [4.69, 9.17) is 0 Å². The minimum absolute atomic E-state index is 0.0475. The van der Waals surface area contributed by atoms with Crippen LogP contribution in [0.25, 0.3) is 0 Å². The summed E-state index contributed by atoms with van der Waals surface area (Å²) in [5.41, 5.74) is 2.75. The van der Waals surface area contributed by atoms with Gasteiger partial charge < -0.3 is 9.67 Å². The van der Waals surface area contributed by atoms with Gasteiger partial charge >= 0.3 is 0 Å². The van der Waals surface area contributed by atoms with E-state index in [9.17, 15) is 5.11 Å². The van der Waals surface area contributed by atoms with E-state index in [0.29, 0.717) is 17.7 Å². The number of benzene rings is 1. The molecular formula is C15H19N3O. The summed E-state index contributed by atoms with van der Waals surface area (Å²) in [6.07, 6.45) is 1.03. The first-order valence-electron chi connectivity index (χ1n) is 6.81. The van der Waals surface area contributed by atoms with Gasteiger partial charge in [-0.05, 0) is 23.5 Å². The van der Waals surface area contributed by atoms with Gasteiger partial charge in [-0.3, -0.25) is 0 Å². The third-order valence-electron chi connectivity index (χ3n) is 3.71. The molecule has 4 heteroatoms. The van der Waals surface area contributed by atoms with Crippen LogP contribution in [0, 0.1) is 5.92 Å².